The van der Waals surface area contributed by atoms with E-state index in [1.54, 1.807) is 0 Å². The number of aromatic nitrogens is 2. The molecule has 5 nitrogen and oxygen atoms in total. The van der Waals surface area contributed by atoms with Gasteiger partial charge in [-0.1, -0.05) is 25.1 Å². The Hall–Kier alpha value is -2.92. The molecule has 2 aromatic rings. The van der Waals surface area contributed by atoms with Crippen LogP contribution in [0, 0.1) is 11.8 Å². The van der Waals surface area contributed by atoms with Crippen molar-refractivity contribution >= 4 is 22.4 Å². The smallest absolute Gasteiger partial charge is 0.255 e. The summed E-state index contributed by atoms with van der Waals surface area (Å²) in [5.41, 5.74) is 5.45. The molecule has 0 radical (unpaired) electrons. The van der Waals surface area contributed by atoms with Gasteiger partial charge in [-0.3, -0.25) is 14.4 Å². The number of allylic oxidation sites excluding steroid dienone is 5. The summed E-state index contributed by atoms with van der Waals surface area (Å²) in [6, 6.07) is 6.90. The number of carbonyl (C=O) groups is 1. The van der Waals surface area contributed by atoms with Crippen molar-refractivity contribution in [2.45, 2.75) is 46.1 Å². The summed E-state index contributed by atoms with van der Waals surface area (Å²) in [5, 5.41) is 5.58. The van der Waals surface area contributed by atoms with Gasteiger partial charge in [0.1, 0.15) is 0 Å². The summed E-state index contributed by atoms with van der Waals surface area (Å²) in [6.45, 7) is 9.00. The summed E-state index contributed by atoms with van der Waals surface area (Å²) < 4.78 is 1.84. The lowest BCUT2D eigenvalue weighted by Crippen LogP contribution is -2.39. The van der Waals surface area contributed by atoms with Crippen LogP contribution < -0.4 is 0 Å². The zero-order valence-electron chi connectivity index (χ0n) is 20.2. The van der Waals surface area contributed by atoms with Crippen molar-refractivity contribution in [3.05, 3.63) is 71.7 Å². The molecule has 1 atom stereocenters. The van der Waals surface area contributed by atoms with Gasteiger partial charge in [0, 0.05) is 42.6 Å². The van der Waals surface area contributed by atoms with E-state index in [1.807, 2.05) is 35.0 Å². The first-order valence-corrected chi connectivity index (χ1v) is 12.2. The van der Waals surface area contributed by atoms with E-state index in [0.717, 1.165) is 60.1 Å². The first-order valence-electron chi connectivity index (χ1n) is 12.2. The predicted molar refractivity (Wildman–Crippen MR) is 134 cm³/mol. The number of hydrogen-bond donors (Lipinski definition) is 0. The lowest BCUT2D eigenvalue weighted by molar-refractivity contribution is -0.122. The van der Waals surface area contributed by atoms with E-state index >= 15 is 0 Å². The van der Waals surface area contributed by atoms with Gasteiger partial charge in [-0.15, -0.1) is 0 Å². The number of benzene rings is 1. The number of rotatable bonds is 3. The maximum atomic E-state index is 13.5. The molecule has 0 aliphatic carbocycles. The molecule has 3 aliphatic heterocycles. The number of hydrogen-bond acceptors (Lipinski definition) is 3. The van der Waals surface area contributed by atoms with E-state index in [1.165, 1.54) is 5.57 Å². The van der Waals surface area contributed by atoms with Gasteiger partial charge in [-0.25, -0.2) is 0 Å². The van der Waals surface area contributed by atoms with E-state index in [2.05, 4.69) is 67.3 Å². The fraction of sp³-hybridized carbons (Fsp3) is 0.429. The number of carbonyl (C=O) groups excluding carboxylic acids is 1. The van der Waals surface area contributed by atoms with Gasteiger partial charge in [0.2, 0.25) is 0 Å². The Balaban J connectivity index is 1.42. The third-order valence-electron chi connectivity index (χ3n) is 7.41. The second-order valence-electron chi connectivity index (χ2n) is 10.0. The monoisotopic (exact) mass is 442 g/mol. The molecule has 0 saturated carbocycles. The van der Waals surface area contributed by atoms with Crippen LogP contribution >= 0.6 is 0 Å². The van der Waals surface area contributed by atoms with Gasteiger partial charge in [0.15, 0.2) is 0 Å². The Labute approximate surface area is 196 Å². The van der Waals surface area contributed by atoms with Crippen LogP contribution in [0.5, 0.6) is 0 Å². The minimum Gasteiger partial charge on any atom is -0.301 e. The quantitative estimate of drug-likeness (QED) is 0.649. The molecule has 5 rings (SSSR count). The van der Waals surface area contributed by atoms with E-state index in [4.69, 9.17) is 0 Å². The van der Waals surface area contributed by atoms with Crippen molar-refractivity contribution in [2.24, 2.45) is 18.9 Å². The molecule has 3 aliphatic rings. The lowest BCUT2D eigenvalue weighted by atomic mass is 9.86. The Kier molecular flexibility index (Phi) is 5.83. The maximum Gasteiger partial charge on any atom is 0.255 e. The Bertz CT molecular complexity index is 1190. The van der Waals surface area contributed by atoms with Crippen molar-refractivity contribution in [3.8, 4) is 0 Å². The molecule has 1 aromatic carbocycles. The fourth-order valence-corrected chi connectivity index (χ4v) is 5.34. The van der Waals surface area contributed by atoms with Crippen molar-refractivity contribution in [1.82, 2.24) is 19.6 Å². The average Bonchev–Trinajstić information content (AvgIpc) is 3.19. The summed E-state index contributed by atoms with van der Waals surface area (Å²) in [6.07, 6.45) is 15.8. The van der Waals surface area contributed by atoms with Crippen LogP contribution in [-0.2, 0) is 11.8 Å². The van der Waals surface area contributed by atoms with E-state index < -0.39 is 0 Å². The molecule has 1 fully saturated rings. The van der Waals surface area contributed by atoms with Gasteiger partial charge < -0.3 is 4.90 Å². The van der Waals surface area contributed by atoms with Gasteiger partial charge in [0.05, 0.1) is 5.52 Å². The average molecular weight is 443 g/mol. The lowest BCUT2D eigenvalue weighted by Gasteiger charge is -2.36. The van der Waals surface area contributed by atoms with E-state index in [0.29, 0.717) is 12.0 Å². The number of likely N-dealkylation sites (tertiary alicyclic amines) is 1. The Morgan fingerprint density at radius 2 is 1.91 bits per heavy atom. The molecule has 1 aromatic heterocycles. The van der Waals surface area contributed by atoms with Crippen molar-refractivity contribution in [2.75, 3.05) is 13.1 Å². The molecule has 1 unspecified atom stereocenters. The topological polar surface area (TPSA) is 41.4 Å². The summed E-state index contributed by atoms with van der Waals surface area (Å²) in [7, 11) is 1.94. The van der Waals surface area contributed by atoms with Crippen LogP contribution in [0.3, 0.4) is 0 Å². The van der Waals surface area contributed by atoms with Gasteiger partial charge in [-0.05, 0) is 93.0 Å². The van der Waals surface area contributed by atoms with Crippen LogP contribution in [0.4, 0.5) is 0 Å². The van der Waals surface area contributed by atoms with Crippen LogP contribution in [0.15, 0.2) is 66.2 Å². The highest BCUT2D eigenvalue weighted by molar-refractivity contribution is 5.99. The molecular weight excluding hydrogens is 408 g/mol. The molecular formula is C28H34N4O. The SMILES string of the molecule is CC1CC=C2C=CC(C3CCN(C(C)C)CC3)=CN2C(=O)C=C1c1ccc2nn(C)cc2c1. The number of aryl methyl sites for hydroxylation is 1. The van der Waals surface area contributed by atoms with Crippen LogP contribution in [0.2, 0.25) is 0 Å². The standard InChI is InChI=1S/C28H34N4O/c1-19(2)31-13-11-21(12-14-31)23-6-9-25-8-5-20(3)26(16-28(33)32(25)18-23)22-7-10-27-24(15-22)17-30(4)29-27/h6-10,15-21H,5,11-14H2,1-4H3. The van der Waals surface area contributed by atoms with Crippen LogP contribution in [-0.4, -0.2) is 44.6 Å². The fourth-order valence-electron chi connectivity index (χ4n) is 5.34. The van der Waals surface area contributed by atoms with Crippen molar-refractivity contribution < 1.29 is 4.79 Å². The highest BCUT2D eigenvalue weighted by Gasteiger charge is 2.27. The number of fused-ring (bicyclic) bond motifs is 2. The van der Waals surface area contributed by atoms with E-state index in [-0.39, 0.29) is 11.8 Å². The molecule has 1 saturated heterocycles. The highest BCUT2D eigenvalue weighted by Crippen LogP contribution is 2.35. The van der Waals surface area contributed by atoms with Gasteiger partial charge in [0.25, 0.3) is 5.91 Å². The third kappa shape index (κ3) is 4.34. The van der Waals surface area contributed by atoms with Gasteiger partial charge >= 0.3 is 0 Å². The largest absolute Gasteiger partial charge is 0.301 e. The molecule has 33 heavy (non-hydrogen) atoms. The predicted octanol–water partition coefficient (Wildman–Crippen LogP) is 5.28. The number of nitrogens with zero attached hydrogens (tertiary/aromatic N) is 4. The zero-order valence-corrected chi connectivity index (χ0v) is 20.2. The van der Waals surface area contributed by atoms with Gasteiger partial charge in [-0.2, -0.15) is 5.10 Å². The first-order chi connectivity index (χ1) is 15.9. The second-order valence-corrected chi connectivity index (χ2v) is 10.0. The van der Waals surface area contributed by atoms with Crippen molar-refractivity contribution in [3.63, 3.8) is 0 Å². The maximum absolute atomic E-state index is 13.5. The zero-order chi connectivity index (χ0) is 23.1. The first kappa shape index (κ1) is 21.9. The number of piperidine rings is 1. The normalized spacial score (nSPS) is 22.7. The summed E-state index contributed by atoms with van der Waals surface area (Å²) >= 11 is 0. The van der Waals surface area contributed by atoms with E-state index in [9.17, 15) is 4.79 Å². The molecule has 4 heterocycles. The van der Waals surface area contributed by atoms with Crippen LogP contribution in [0.25, 0.3) is 16.5 Å². The highest BCUT2D eigenvalue weighted by atomic mass is 16.2. The second kappa shape index (κ2) is 8.79. The third-order valence-corrected chi connectivity index (χ3v) is 7.41. The molecule has 5 heteroatoms. The molecule has 0 spiro atoms. The molecule has 172 valence electrons. The van der Waals surface area contributed by atoms with Crippen molar-refractivity contribution in [1.29, 1.82) is 0 Å². The molecule has 0 bridgehead atoms. The molecule has 1 amide bonds. The number of amides is 1. The Morgan fingerprint density at radius 3 is 2.67 bits per heavy atom. The van der Waals surface area contributed by atoms with Crippen LogP contribution in [0.1, 0.15) is 45.6 Å². The summed E-state index contributed by atoms with van der Waals surface area (Å²) in [5.74, 6) is 0.818. The summed E-state index contributed by atoms with van der Waals surface area (Å²) in [4.78, 5) is 17.9. The molecule has 0 N–H and O–H groups in total. The minimum absolute atomic E-state index is 0.0375. The minimum atomic E-state index is 0.0375. The Morgan fingerprint density at radius 1 is 1.12 bits per heavy atom.